The summed E-state index contributed by atoms with van der Waals surface area (Å²) in [6.45, 7) is -0.0807. The lowest BCUT2D eigenvalue weighted by molar-refractivity contribution is 0.0978. The number of rotatable bonds is 4. The molecule has 0 bridgehead atoms. The van der Waals surface area contributed by atoms with E-state index in [0.29, 0.717) is 40.7 Å². The van der Waals surface area contributed by atoms with Gasteiger partial charge in [-0.15, -0.1) is 0 Å². The van der Waals surface area contributed by atoms with E-state index in [1.54, 1.807) is 36.4 Å². The molecule has 0 saturated heterocycles. The molecule has 0 atom stereocenters. The number of hydrogen-bond donors (Lipinski definition) is 2. The van der Waals surface area contributed by atoms with Crippen molar-refractivity contribution < 1.29 is 19.8 Å². The van der Waals surface area contributed by atoms with E-state index in [1.165, 1.54) is 0 Å². The van der Waals surface area contributed by atoms with Crippen LogP contribution in [0.3, 0.4) is 0 Å². The lowest BCUT2D eigenvalue weighted by Crippen LogP contribution is -2.23. The van der Waals surface area contributed by atoms with Crippen molar-refractivity contribution in [3.8, 4) is 0 Å². The molecule has 0 aromatic heterocycles. The standard InChI is InChI=1S/C18H16O4/c19-8-6-11-4-5-13-15(10-11)18(22)16-12(7-9-20)2-1-3-14(16)17(13)21/h1-5,10,19-20H,6-9H2. The van der Waals surface area contributed by atoms with Gasteiger partial charge in [-0.3, -0.25) is 9.59 Å². The second kappa shape index (κ2) is 5.83. The maximum absolute atomic E-state index is 12.8. The molecule has 0 spiro atoms. The van der Waals surface area contributed by atoms with Crippen LogP contribution in [0.2, 0.25) is 0 Å². The molecule has 0 unspecified atom stereocenters. The average Bonchev–Trinajstić information content (AvgIpc) is 2.53. The highest BCUT2D eigenvalue weighted by Gasteiger charge is 2.31. The molecule has 4 heteroatoms. The summed E-state index contributed by atoms with van der Waals surface area (Å²) in [6.07, 6.45) is 0.785. The first kappa shape index (κ1) is 14.6. The molecule has 3 rings (SSSR count). The lowest BCUT2D eigenvalue weighted by Gasteiger charge is -2.20. The Morgan fingerprint density at radius 1 is 0.773 bits per heavy atom. The summed E-state index contributed by atoms with van der Waals surface area (Å²) < 4.78 is 0. The summed E-state index contributed by atoms with van der Waals surface area (Å²) in [5.41, 5.74) is 3.10. The van der Waals surface area contributed by atoms with E-state index >= 15 is 0 Å². The maximum Gasteiger partial charge on any atom is 0.194 e. The Morgan fingerprint density at radius 3 is 2.27 bits per heavy atom. The Hall–Kier alpha value is -2.30. The summed E-state index contributed by atoms with van der Waals surface area (Å²) >= 11 is 0. The SMILES string of the molecule is O=C1c2ccc(CCO)cc2C(=O)c2c(CCO)cccc21. The minimum atomic E-state index is -0.187. The highest BCUT2D eigenvalue weighted by atomic mass is 16.3. The van der Waals surface area contributed by atoms with Crippen LogP contribution in [0, 0.1) is 0 Å². The van der Waals surface area contributed by atoms with Crippen molar-refractivity contribution in [2.75, 3.05) is 13.2 Å². The van der Waals surface area contributed by atoms with Crippen LogP contribution < -0.4 is 0 Å². The molecule has 2 aromatic carbocycles. The molecule has 22 heavy (non-hydrogen) atoms. The van der Waals surface area contributed by atoms with Gasteiger partial charge in [-0.2, -0.15) is 0 Å². The van der Waals surface area contributed by atoms with E-state index in [-0.39, 0.29) is 24.8 Å². The van der Waals surface area contributed by atoms with Crippen LogP contribution in [-0.2, 0) is 12.8 Å². The highest BCUT2D eigenvalue weighted by Crippen LogP contribution is 2.30. The topological polar surface area (TPSA) is 74.6 Å². The molecular weight excluding hydrogens is 280 g/mol. The fourth-order valence-electron chi connectivity index (χ4n) is 2.93. The predicted octanol–water partition coefficient (Wildman–Crippen LogP) is 1.53. The smallest absolute Gasteiger partial charge is 0.194 e. The van der Waals surface area contributed by atoms with Crippen LogP contribution in [0.15, 0.2) is 36.4 Å². The first-order valence-corrected chi connectivity index (χ1v) is 7.23. The Balaban J connectivity index is 2.17. The number of carbonyl (C=O) groups excluding carboxylic acids is 2. The zero-order chi connectivity index (χ0) is 15.7. The molecular formula is C18H16O4. The largest absolute Gasteiger partial charge is 0.396 e. The Bertz CT molecular complexity index is 762. The maximum atomic E-state index is 12.8. The van der Waals surface area contributed by atoms with Crippen LogP contribution in [0.25, 0.3) is 0 Å². The predicted molar refractivity (Wildman–Crippen MR) is 81.3 cm³/mol. The number of ketones is 2. The van der Waals surface area contributed by atoms with Gasteiger partial charge in [0.2, 0.25) is 0 Å². The summed E-state index contributed by atoms with van der Waals surface area (Å²) in [5, 5.41) is 18.2. The fourth-order valence-corrected chi connectivity index (χ4v) is 2.93. The molecule has 0 amide bonds. The number of carbonyl (C=O) groups is 2. The van der Waals surface area contributed by atoms with Crippen LogP contribution in [0.5, 0.6) is 0 Å². The highest BCUT2D eigenvalue weighted by molar-refractivity contribution is 6.28. The van der Waals surface area contributed by atoms with Crippen molar-refractivity contribution in [3.05, 3.63) is 69.8 Å². The molecule has 2 N–H and O–H groups in total. The molecule has 2 aromatic rings. The number of benzene rings is 2. The van der Waals surface area contributed by atoms with Crippen molar-refractivity contribution in [1.29, 1.82) is 0 Å². The van der Waals surface area contributed by atoms with Crippen molar-refractivity contribution in [1.82, 2.24) is 0 Å². The third-order valence-corrected chi connectivity index (χ3v) is 3.98. The second-order valence-corrected chi connectivity index (χ2v) is 5.33. The molecule has 1 aliphatic carbocycles. The van der Waals surface area contributed by atoms with E-state index in [1.807, 2.05) is 0 Å². The molecule has 0 radical (unpaired) electrons. The van der Waals surface area contributed by atoms with Crippen LogP contribution in [-0.4, -0.2) is 35.0 Å². The first-order valence-electron chi connectivity index (χ1n) is 7.23. The molecule has 112 valence electrons. The molecule has 4 nitrogen and oxygen atoms in total. The fraction of sp³-hybridized carbons (Fsp3) is 0.222. The van der Waals surface area contributed by atoms with Gasteiger partial charge in [0, 0.05) is 35.5 Å². The molecule has 0 aliphatic heterocycles. The van der Waals surface area contributed by atoms with Gasteiger partial charge in [-0.1, -0.05) is 30.3 Å². The summed E-state index contributed by atoms with van der Waals surface area (Å²) in [7, 11) is 0. The minimum absolute atomic E-state index is 0.00667. The van der Waals surface area contributed by atoms with Crippen molar-refractivity contribution >= 4 is 11.6 Å². The van der Waals surface area contributed by atoms with Gasteiger partial charge in [-0.05, 0) is 30.0 Å². The van der Waals surface area contributed by atoms with Gasteiger partial charge >= 0.3 is 0 Å². The summed E-state index contributed by atoms with van der Waals surface area (Å²) in [4.78, 5) is 25.4. The van der Waals surface area contributed by atoms with Crippen LogP contribution in [0.4, 0.5) is 0 Å². The Morgan fingerprint density at radius 2 is 1.55 bits per heavy atom. The summed E-state index contributed by atoms with van der Waals surface area (Å²) in [6, 6.07) is 10.3. The van der Waals surface area contributed by atoms with Crippen LogP contribution >= 0.6 is 0 Å². The average molecular weight is 296 g/mol. The van der Waals surface area contributed by atoms with Crippen LogP contribution in [0.1, 0.15) is 43.0 Å². The van der Waals surface area contributed by atoms with Gasteiger partial charge in [0.15, 0.2) is 11.6 Å². The van der Waals surface area contributed by atoms with Gasteiger partial charge in [-0.25, -0.2) is 0 Å². The molecule has 1 aliphatic rings. The second-order valence-electron chi connectivity index (χ2n) is 5.33. The lowest BCUT2D eigenvalue weighted by atomic mass is 9.80. The number of aliphatic hydroxyl groups is 2. The number of fused-ring (bicyclic) bond motifs is 2. The van der Waals surface area contributed by atoms with Crippen molar-refractivity contribution in [3.63, 3.8) is 0 Å². The van der Waals surface area contributed by atoms with Gasteiger partial charge in [0.1, 0.15) is 0 Å². The van der Waals surface area contributed by atoms with E-state index in [4.69, 9.17) is 10.2 Å². The van der Waals surface area contributed by atoms with E-state index in [2.05, 4.69) is 0 Å². The molecule has 0 fully saturated rings. The number of aliphatic hydroxyl groups excluding tert-OH is 2. The zero-order valence-electron chi connectivity index (χ0n) is 12.0. The van der Waals surface area contributed by atoms with Gasteiger partial charge in [0.25, 0.3) is 0 Å². The third kappa shape index (κ3) is 2.26. The van der Waals surface area contributed by atoms with Crippen molar-refractivity contribution in [2.24, 2.45) is 0 Å². The Kier molecular flexibility index (Phi) is 3.88. The third-order valence-electron chi connectivity index (χ3n) is 3.98. The van der Waals surface area contributed by atoms with Gasteiger partial charge in [0.05, 0.1) is 0 Å². The summed E-state index contributed by atoms with van der Waals surface area (Å²) in [5.74, 6) is -0.353. The molecule has 0 saturated carbocycles. The monoisotopic (exact) mass is 296 g/mol. The molecule has 0 heterocycles. The van der Waals surface area contributed by atoms with Crippen molar-refractivity contribution in [2.45, 2.75) is 12.8 Å². The zero-order valence-corrected chi connectivity index (χ0v) is 12.0. The van der Waals surface area contributed by atoms with E-state index < -0.39 is 0 Å². The number of hydrogen-bond acceptors (Lipinski definition) is 4. The Labute approximate surface area is 128 Å². The minimum Gasteiger partial charge on any atom is -0.396 e. The van der Waals surface area contributed by atoms with E-state index in [0.717, 1.165) is 5.56 Å². The van der Waals surface area contributed by atoms with Gasteiger partial charge < -0.3 is 10.2 Å². The first-order chi connectivity index (χ1) is 10.7. The normalized spacial score (nSPS) is 13.0. The quantitative estimate of drug-likeness (QED) is 0.765. The van der Waals surface area contributed by atoms with E-state index in [9.17, 15) is 9.59 Å².